The lowest BCUT2D eigenvalue weighted by Gasteiger charge is -2.10. The predicted molar refractivity (Wildman–Crippen MR) is 65.1 cm³/mol. The Morgan fingerprint density at radius 2 is 2.31 bits per heavy atom. The molecule has 0 saturated heterocycles. The highest BCUT2D eigenvalue weighted by atomic mass is 16.5. The Morgan fingerprint density at radius 1 is 1.50 bits per heavy atom. The van der Waals surface area contributed by atoms with Gasteiger partial charge in [-0.15, -0.1) is 0 Å². The second kappa shape index (κ2) is 6.86. The van der Waals surface area contributed by atoms with Crippen LogP contribution in [-0.2, 0) is 0 Å². The summed E-state index contributed by atoms with van der Waals surface area (Å²) < 4.78 is 5.62. The van der Waals surface area contributed by atoms with Crippen molar-refractivity contribution in [3.05, 3.63) is 24.0 Å². The minimum atomic E-state index is 0.359. The molecule has 16 heavy (non-hydrogen) atoms. The molecule has 2 N–H and O–H groups in total. The third kappa shape index (κ3) is 4.33. The molecule has 0 radical (unpaired) electrons. The monoisotopic (exact) mass is 218 g/mol. The van der Waals surface area contributed by atoms with E-state index in [2.05, 4.69) is 30.7 Å². The summed E-state index contributed by atoms with van der Waals surface area (Å²) in [6, 6.07) is 1.89. The summed E-state index contributed by atoms with van der Waals surface area (Å²) in [5.74, 6) is 7.04. The number of rotatable bonds is 4. The number of ether oxygens (including phenoxy) is 1. The topological polar surface area (TPSA) is 48.1 Å². The second-order valence-electron chi connectivity index (χ2n) is 3.74. The maximum absolute atomic E-state index is 5.62. The van der Waals surface area contributed by atoms with Crippen LogP contribution in [0.5, 0.6) is 5.75 Å². The molecule has 0 aliphatic heterocycles. The summed E-state index contributed by atoms with van der Waals surface area (Å²) in [5.41, 5.74) is 6.15. The minimum Gasteiger partial charge on any atom is -0.492 e. The Bertz CT molecular complexity index is 379. The van der Waals surface area contributed by atoms with Gasteiger partial charge in [-0.2, -0.15) is 0 Å². The van der Waals surface area contributed by atoms with Gasteiger partial charge in [0.1, 0.15) is 5.75 Å². The van der Waals surface area contributed by atoms with Crippen molar-refractivity contribution in [1.82, 2.24) is 4.98 Å². The number of pyridine rings is 1. The van der Waals surface area contributed by atoms with E-state index in [4.69, 9.17) is 10.5 Å². The van der Waals surface area contributed by atoms with Gasteiger partial charge in [-0.1, -0.05) is 32.1 Å². The van der Waals surface area contributed by atoms with Crippen molar-refractivity contribution in [2.75, 3.05) is 13.2 Å². The van der Waals surface area contributed by atoms with Crippen molar-refractivity contribution < 1.29 is 4.74 Å². The summed E-state index contributed by atoms with van der Waals surface area (Å²) in [6.45, 7) is 5.38. The first-order valence-corrected chi connectivity index (χ1v) is 5.53. The smallest absolute Gasteiger partial charge is 0.138 e. The molecule has 1 heterocycles. The SMILES string of the molecule is CCC(C)COc1cncc(C#CCN)c1. The lowest BCUT2D eigenvalue weighted by atomic mass is 10.1. The van der Waals surface area contributed by atoms with Crippen molar-refractivity contribution in [3.63, 3.8) is 0 Å². The fraction of sp³-hybridized carbons (Fsp3) is 0.462. The molecule has 0 amide bonds. The first kappa shape index (κ1) is 12.5. The van der Waals surface area contributed by atoms with Gasteiger partial charge in [-0.05, 0) is 12.0 Å². The zero-order valence-corrected chi connectivity index (χ0v) is 9.86. The van der Waals surface area contributed by atoms with Gasteiger partial charge in [-0.25, -0.2) is 0 Å². The number of nitrogens with two attached hydrogens (primary N) is 1. The van der Waals surface area contributed by atoms with E-state index < -0.39 is 0 Å². The third-order valence-corrected chi connectivity index (χ3v) is 2.28. The molecule has 86 valence electrons. The van der Waals surface area contributed by atoms with E-state index in [-0.39, 0.29) is 0 Å². The highest BCUT2D eigenvalue weighted by Gasteiger charge is 2.00. The molecule has 3 heteroatoms. The van der Waals surface area contributed by atoms with E-state index in [0.29, 0.717) is 19.1 Å². The third-order valence-electron chi connectivity index (χ3n) is 2.28. The average molecular weight is 218 g/mol. The van der Waals surface area contributed by atoms with E-state index in [1.54, 1.807) is 12.4 Å². The van der Waals surface area contributed by atoms with Crippen molar-refractivity contribution in [2.45, 2.75) is 20.3 Å². The van der Waals surface area contributed by atoms with Crippen LogP contribution in [0.2, 0.25) is 0 Å². The van der Waals surface area contributed by atoms with Gasteiger partial charge in [-0.3, -0.25) is 4.98 Å². The Morgan fingerprint density at radius 3 is 3.00 bits per heavy atom. The molecule has 3 nitrogen and oxygen atoms in total. The Labute approximate surface area is 97.0 Å². The zero-order valence-electron chi connectivity index (χ0n) is 9.86. The van der Waals surface area contributed by atoms with Crippen LogP contribution in [-0.4, -0.2) is 18.1 Å². The quantitative estimate of drug-likeness (QED) is 0.784. The van der Waals surface area contributed by atoms with Crippen molar-refractivity contribution in [3.8, 4) is 17.6 Å². The molecule has 0 aromatic carbocycles. The maximum Gasteiger partial charge on any atom is 0.138 e. The summed E-state index contributed by atoms with van der Waals surface area (Å²) in [5, 5.41) is 0. The summed E-state index contributed by atoms with van der Waals surface area (Å²) in [4.78, 5) is 4.07. The highest BCUT2D eigenvalue weighted by Crippen LogP contribution is 2.12. The zero-order chi connectivity index (χ0) is 11.8. The van der Waals surface area contributed by atoms with Crippen LogP contribution < -0.4 is 10.5 Å². The van der Waals surface area contributed by atoms with Crippen LogP contribution >= 0.6 is 0 Å². The Hall–Kier alpha value is -1.53. The van der Waals surface area contributed by atoms with Crippen LogP contribution in [0.4, 0.5) is 0 Å². The predicted octanol–water partition coefficient (Wildman–Crippen LogP) is 1.82. The molecule has 0 bridgehead atoms. The molecule has 0 aliphatic carbocycles. The van der Waals surface area contributed by atoms with E-state index in [1.807, 2.05) is 6.07 Å². The Kier molecular flexibility index (Phi) is 5.38. The molecule has 0 spiro atoms. The molecule has 0 saturated carbocycles. The van der Waals surface area contributed by atoms with Gasteiger partial charge < -0.3 is 10.5 Å². The van der Waals surface area contributed by atoms with E-state index in [1.165, 1.54) is 0 Å². The summed E-state index contributed by atoms with van der Waals surface area (Å²) in [7, 11) is 0. The highest BCUT2D eigenvalue weighted by molar-refractivity contribution is 5.36. The number of hydrogen-bond acceptors (Lipinski definition) is 3. The van der Waals surface area contributed by atoms with Crippen LogP contribution in [0.15, 0.2) is 18.5 Å². The van der Waals surface area contributed by atoms with Crippen LogP contribution in [0.25, 0.3) is 0 Å². The first-order chi connectivity index (χ1) is 7.76. The normalized spacial score (nSPS) is 11.4. The van der Waals surface area contributed by atoms with E-state index >= 15 is 0 Å². The van der Waals surface area contributed by atoms with Crippen LogP contribution in [0.1, 0.15) is 25.8 Å². The van der Waals surface area contributed by atoms with Gasteiger partial charge in [0, 0.05) is 11.8 Å². The van der Waals surface area contributed by atoms with Gasteiger partial charge >= 0.3 is 0 Å². The van der Waals surface area contributed by atoms with Crippen molar-refractivity contribution in [1.29, 1.82) is 0 Å². The lowest BCUT2D eigenvalue weighted by molar-refractivity contribution is 0.255. The lowest BCUT2D eigenvalue weighted by Crippen LogP contribution is -2.07. The number of hydrogen-bond donors (Lipinski definition) is 1. The second-order valence-corrected chi connectivity index (χ2v) is 3.74. The van der Waals surface area contributed by atoms with Gasteiger partial charge in [0.15, 0.2) is 0 Å². The molecule has 1 unspecified atom stereocenters. The summed E-state index contributed by atoms with van der Waals surface area (Å²) >= 11 is 0. The fourth-order valence-corrected chi connectivity index (χ4v) is 1.08. The molecule has 0 fully saturated rings. The largest absolute Gasteiger partial charge is 0.492 e. The first-order valence-electron chi connectivity index (χ1n) is 5.53. The van der Waals surface area contributed by atoms with Crippen LogP contribution in [0.3, 0.4) is 0 Å². The molecule has 1 atom stereocenters. The maximum atomic E-state index is 5.62. The van der Waals surface area contributed by atoms with Gasteiger partial charge in [0.05, 0.1) is 19.3 Å². The van der Waals surface area contributed by atoms with Gasteiger partial charge in [0.2, 0.25) is 0 Å². The van der Waals surface area contributed by atoms with Gasteiger partial charge in [0.25, 0.3) is 0 Å². The molecule has 0 aliphatic rings. The number of aromatic nitrogens is 1. The molecular formula is C13H18N2O. The average Bonchev–Trinajstić information content (AvgIpc) is 2.34. The van der Waals surface area contributed by atoms with Crippen molar-refractivity contribution >= 4 is 0 Å². The Balaban J connectivity index is 2.60. The summed E-state index contributed by atoms with van der Waals surface area (Å²) in [6.07, 6.45) is 4.52. The molecular weight excluding hydrogens is 200 g/mol. The van der Waals surface area contributed by atoms with Crippen molar-refractivity contribution in [2.24, 2.45) is 11.7 Å². The van der Waals surface area contributed by atoms with Crippen LogP contribution in [0, 0.1) is 17.8 Å². The minimum absolute atomic E-state index is 0.359. The molecule has 1 aromatic rings. The fourth-order valence-electron chi connectivity index (χ4n) is 1.08. The molecule has 1 rings (SSSR count). The molecule has 1 aromatic heterocycles. The number of nitrogens with zero attached hydrogens (tertiary/aromatic N) is 1. The standard InChI is InChI=1S/C13H18N2O/c1-3-11(2)10-16-13-7-12(5-4-6-14)8-15-9-13/h7-9,11H,3,6,10,14H2,1-2H3. The van der Waals surface area contributed by atoms with E-state index in [0.717, 1.165) is 17.7 Å². The van der Waals surface area contributed by atoms with E-state index in [9.17, 15) is 0 Å².